The molecule has 1 atom stereocenters. The summed E-state index contributed by atoms with van der Waals surface area (Å²) in [6.07, 6.45) is 3.19. The highest BCUT2D eigenvalue weighted by Gasteiger charge is 2.05. The second kappa shape index (κ2) is 6.37. The Morgan fingerprint density at radius 1 is 1.27 bits per heavy atom. The number of rotatable bonds is 5. The Balaban J connectivity index is 2.50. The van der Waals surface area contributed by atoms with Gasteiger partial charge >= 0.3 is 0 Å². The molecule has 1 rings (SSSR count). The van der Waals surface area contributed by atoms with E-state index in [-0.39, 0.29) is 0 Å². The van der Waals surface area contributed by atoms with Gasteiger partial charge in [0.15, 0.2) is 0 Å². The van der Waals surface area contributed by atoms with E-state index >= 15 is 0 Å². The Bertz CT molecular complexity index is 292. The van der Waals surface area contributed by atoms with Gasteiger partial charge in [0.1, 0.15) is 0 Å². The van der Waals surface area contributed by atoms with Crippen molar-refractivity contribution in [3.8, 4) is 0 Å². The molecule has 0 heterocycles. The monoisotopic (exact) mass is 245 g/mol. The third kappa shape index (κ3) is 4.02. The first-order chi connectivity index (χ1) is 7.15. The van der Waals surface area contributed by atoms with Crippen LogP contribution in [0.1, 0.15) is 25.3 Å². The zero-order valence-corrected chi connectivity index (χ0v) is 10.7. The standard InChI is InChI=1S/C12H17Cl2N/c1-9(15-2)5-3-6-10-11(13)7-4-8-12(10)14/h4,7-9,15H,3,5-6H2,1-2H3. The van der Waals surface area contributed by atoms with Crippen LogP contribution >= 0.6 is 23.2 Å². The lowest BCUT2D eigenvalue weighted by molar-refractivity contribution is 0.542. The molecular weight excluding hydrogens is 229 g/mol. The van der Waals surface area contributed by atoms with Gasteiger partial charge in [-0.3, -0.25) is 0 Å². The quantitative estimate of drug-likeness (QED) is 0.830. The van der Waals surface area contributed by atoms with Crippen LogP contribution in [0.2, 0.25) is 10.0 Å². The Morgan fingerprint density at radius 2 is 1.87 bits per heavy atom. The number of benzene rings is 1. The molecule has 0 saturated heterocycles. The highest BCUT2D eigenvalue weighted by molar-refractivity contribution is 6.35. The first-order valence-corrected chi connectivity index (χ1v) is 6.01. The summed E-state index contributed by atoms with van der Waals surface area (Å²) >= 11 is 12.2. The van der Waals surface area contributed by atoms with Crippen molar-refractivity contribution in [1.29, 1.82) is 0 Å². The van der Waals surface area contributed by atoms with Crippen LogP contribution in [0.25, 0.3) is 0 Å². The molecule has 0 spiro atoms. The van der Waals surface area contributed by atoms with Crippen molar-refractivity contribution in [2.45, 2.75) is 32.2 Å². The van der Waals surface area contributed by atoms with Crippen molar-refractivity contribution >= 4 is 23.2 Å². The molecular formula is C12H17Cl2N. The van der Waals surface area contributed by atoms with E-state index in [0.717, 1.165) is 34.9 Å². The van der Waals surface area contributed by atoms with Crippen LogP contribution in [0.5, 0.6) is 0 Å². The molecule has 0 aliphatic rings. The van der Waals surface area contributed by atoms with Crippen molar-refractivity contribution in [3.63, 3.8) is 0 Å². The van der Waals surface area contributed by atoms with Gasteiger partial charge in [-0.2, -0.15) is 0 Å². The lowest BCUT2D eigenvalue weighted by Gasteiger charge is -2.10. The minimum Gasteiger partial charge on any atom is -0.317 e. The fourth-order valence-corrected chi connectivity index (χ4v) is 2.09. The normalized spacial score (nSPS) is 12.8. The summed E-state index contributed by atoms with van der Waals surface area (Å²) in [6.45, 7) is 2.17. The van der Waals surface area contributed by atoms with E-state index in [0.29, 0.717) is 6.04 Å². The molecule has 0 amide bonds. The van der Waals surface area contributed by atoms with E-state index in [1.807, 2.05) is 25.2 Å². The van der Waals surface area contributed by atoms with Gasteiger partial charge in [-0.1, -0.05) is 29.3 Å². The number of halogens is 2. The molecule has 0 saturated carbocycles. The van der Waals surface area contributed by atoms with Crippen LogP contribution in [0.4, 0.5) is 0 Å². The zero-order valence-electron chi connectivity index (χ0n) is 9.19. The summed E-state index contributed by atoms with van der Waals surface area (Å²) in [5, 5.41) is 4.77. The Labute approximate surface area is 102 Å². The molecule has 0 fully saturated rings. The van der Waals surface area contributed by atoms with Gasteiger partial charge in [-0.25, -0.2) is 0 Å². The van der Waals surface area contributed by atoms with Crippen LogP contribution in [0, 0.1) is 0 Å². The van der Waals surface area contributed by atoms with E-state index in [9.17, 15) is 0 Å². The Morgan fingerprint density at radius 3 is 2.40 bits per heavy atom. The van der Waals surface area contributed by atoms with Gasteiger partial charge in [0.25, 0.3) is 0 Å². The third-order valence-electron chi connectivity index (χ3n) is 2.62. The van der Waals surface area contributed by atoms with E-state index in [2.05, 4.69) is 12.2 Å². The second-order valence-electron chi connectivity index (χ2n) is 3.78. The van der Waals surface area contributed by atoms with Gasteiger partial charge in [0, 0.05) is 16.1 Å². The molecule has 84 valence electrons. The van der Waals surface area contributed by atoms with Crippen molar-refractivity contribution in [2.75, 3.05) is 7.05 Å². The molecule has 0 radical (unpaired) electrons. The maximum atomic E-state index is 6.08. The fraction of sp³-hybridized carbons (Fsp3) is 0.500. The highest BCUT2D eigenvalue weighted by atomic mass is 35.5. The largest absolute Gasteiger partial charge is 0.317 e. The lowest BCUT2D eigenvalue weighted by Crippen LogP contribution is -2.20. The third-order valence-corrected chi connectivity index (χ3v) is 3.33. The number of hydrogen-bond acceptors (Lipinski definition) is 1. The van der Waals surface area contributed by atoms with Gasteiger partial charge in [0.2, 0.25) is 0 Å². The van der Waals surface area contributed by atoms with E-state index in [4.69, 9.17) is 23.2 Å². The molecule has 1 nitrogen and oxygen atoms in total. The van der Waals surface area contributed by atoms with Gasteiger partial charge in [-0.05, 0) is 50.9 Å². The smallest absolute Gasteiger partial charge is 0.0452 e. The second-order valence-corrected chi connectivity index (χ2v) is 4.60. The average Bonchev–Trinajstić information content (AvgIpc) is 2.22. The zero-order chi connectivity index (χ0) is 11.3. The van der Waals surface area contributed by atoms with Crippen LogP contribution in [-0.2, 0) is 6.42 Å². The Kier molecular flexibility index (Phi) is 5.44. The summed E-state index contributed by atoms with van der Waals surface area (Å²) < 4.78 is 0. The molecule has 1 aromatic carbocycles. The van der Waals surface area contributed by atoms with E-state index in [1.165, 1.54) is 0 Å². The molecule has 15 heavy (non-hydrogen) atoms. The minimum absolute atomic E-state index is 0.547. The first-order valence-electron chi connectivity index (χ1n) is 5.25. The summed E-state index contributed by atoms with van der Waals surface area (Å²) in [7, 11) is 1.98. The summed E-state index contributed by atoms with van der Waals surface area (Å²) in [5.74, 6) is 0. The van der Waals surface area contributed by atoms with Crippen LogP contribution in [-0.4, -0.2) is 13.1 Å². The van der Waals surface area contributed by atoms with Crippen LogP contribution < -0.4 is 5.32 Å². The molecule has 1 N–H and O–H groups in total. The predicted octanol–water partition coefficient (Wildman–Crippen LogP) is 3.92. The lowest BCUT2D eigenvalue weighted by atomic mass is 10.1. The van der Waals surface area contributed by atoms with E-state index in [1.54, 1.807) is 0 Å². The summed E-state index contributed by atoms with van der Waals surface area (Å²) in [6, 6.07) is 6.21. The van der Waals surface area contributed by atoms with Gasteiger partial charge < -0.3 is 5.32 Å². The average molecular weight is 246 g/mol. The maximum absolute atomic E-state index is 6.08. The molecule has 0 aliphatic carbocycles. The van der Waals surface area contributed by atoms with E-state index < -0.39 is 0 Å². The predicted molar refractivity (Wildman–Crippen MR) is 67.9 cm³/mol. The van der Waals surface area contributed by atoms with Crippen molar-refractivity contribution in [1.82, 2.24) is 5.32 Å². The number of hydrogen-bond donors (Lipinski definition) is 1. The van der Waals surface area contributed by atoms with Crippen LogP contribution in [0.3, 0.4) is 0 Å². The molecule has 1 unspecified atom stereocenters. The molecule has 3 heteroatoms. The summed E-state index contributed by atoms with van der Waals surface area (Å²) in [5.41, 5.74) is 1.07. The number of nitrogens with one attached hydrogen (secondary N) is 1. The Hall–Kier alpha value is -0.240. The van der Waals surface area contributed by atoms with Crippen molar-refractivity contribution < 1.29 is 0 Å². The molecule has 0 bridgehead atoms. The van der Waals surface area contributed by atoms with Gasteiger partial charge in [-0.15, -0.1) is 0 Å². The van der Waals surface area contributed by atoms with Crippen molar-refractivity contribution in [2.24, 2.45) is 0 Å². The maximum Gasteiger partial charge on any atom is 0.0452 e. The molecule has 0 aromatic heterocycles. The molecule has 1 aromatic rings. The SMILES string of the molecule is CNC(C)CCCc1c(Cl)cccc1Cl. The highest BCUT2D eigenvalue weighted by Crippen LogP contribution is 2.25. The fourth-order valence-electron chi connectivity index (χ4n) is 1.50. The topological polar surface area (TPSA) is 12.0 Å². The first kappa shape index (κ1) is 12.8. The van der Waals surface area contributed by atoms with Crippen LogP contribution in [0.15, 0.2) is 18.2 Å². The van der Waals surface area contributed by atoms with Gasteiger partial charge in [0.05, 0.1) is 0 Å². The summed E-state index contributed by atoms with van der Waals surface area (Å²) in [4.78, 5) is 0. The molecule has 0 aliphatic heterocycles. The van der Waals surface area contributed by atoms with Crippen molar-refractivity contribution in [3.05, 3.63) is 33.8 Å². The minimum atomic E-state index is 0.547.